The summed E-state index contributed by atoms with van der Waals surface area (Å²) in [4.78, 5) is 12.4. The molecule has 33 heavy (non-hydrogen) atoms. The number of aryl methyl sites for hydroxylation is 3. The quantitative estimate of drug-likeness (QED) is 0.475. The highest BCUT2D eigenvalue weighted by Gasteiger charge is 2.18. The molecule has 0 fully saturated rings. The molecule has 0 heterocycles. The van der Waals surface area contributed by atoms with Crippen LogP contribution in [-0.2, 0) is 16.6 Å². The standard InChI is InChI=1S/C26H30N2O4S/c1-19-6-5-7-25(16-19)32-15-14-27-26(29)23-11-9-22(10-12-23)18-28(33(4,30)31)24-13-8-20(2)21(3)17-24/h5-13,16-17H,14-15,18H2,1-4H3,(H,27,29). The van der Waals surface area contributed by atoms with Crippen LogP contribution in [0.2, 0.25) is 0 Å². The lowest BCUT2D eigenvalue weighted by atomic mass is 10.1. The second-order valence-electron chi connectivity index (χ2n) is 8.16. The Balaban J connectivity index is 1.59. The SMILES string of the molecule is Cc1cccc(OCCNC(=O)c2ccc(CN(c3ccc(C)c(C)c3)S(C)(=O)=O)cc2)c1. The minimum absolute atomic E-state index is 0.188. The first-order valence-corrected chi connectivity index (χ1v) is 12.6. The second-order valence-corrected chi connectivity index (χ2v) is 10.1. The largest absolute Gasteiger partial charge is 0.492 e. The number of carbonyl (C=O) groups is 1. The van der Waals surface area contributed by atoms with E-state index in [2.05, 4.69) is 5.32 Å². The molecule has 0 saturated heterocycles. The third-order valence-corrected chi connectivity index (χ3v) is 6.51. The second kappa shape index (κ2) is 10.5. The minimum Gasteiger partial charge on any atom is -0.492 e. The molecule has 0 aromatic heterocycles. The Morgan fingerprint density at radius 2 is 1.67 bits per heavy atom. The number of nitrogens with zero attached hydrogens (tertiary/aromatic N) is 1. The minimum atomic E-state index is -3.47. The molecular formula is C26H30N2O4S. The number of nitrogens with one attached hydrogen (secondary N) is 1. The maximum Gasteiger partial charge on any atom is 0.251 e. The molecule has 1 amide bonds. The van der Waals surface area contributed by atoms with Crippen molar-refractivity contribution in [3.8, 4) is 5.75 Å². The number of anilines is 1. The summed E-state index contributed by atoms with van der Waals surface area (Å²) in [6.07, 6.45) is 1.20. The molecule has 174 valence electrons. The first-order chi connectivity index (χ1) is 15.6. The Hall–Kier alpha value is -3.32. The van der Waals surface area contributed by atoms with Gasteiger partial charge in [0.15, 0.2) is 0 Å². The van der Waals surface area contributed by atoms with Crippen molar-refractivity contribution in [2.75, 3.05) is 23.7 Å². The van der Waals surface area contributed by atoms with E-state index in [1.807, 2.05) is 63.2 Å². The van der Waals surface area contributed by atoms with E-state index in [4.69, 9.17) is 4.74 Å². The fourth-order valence-corrected chi connectivity index (χ4v) is 4.23. The van der Waals surface area contributed by atoms with E-state index in [9.17, 15) is 13.2 Å². The van der Waals surface area contributed by atoms with Gasteiger partial charge in [-0.15, -0.1) is 0 Å². The van der Waals surface area contributed by atoms with Gasteiger partial charge in [0.1, 0.15) is 12.4 Å². The fourth-order valence-electron chi connectivity index (χ4n) is 3.35. The number of carbonyl (C=O) groups excluding carboxylic acids is 1. The molecule has 6 nitrogen and oxygen atoms in total. The van der Waals surface area contributed by atoms with E-state index in [1.54, 1.807) is 24.3 Å². The van der Waals surface area contributed by atoms with Gasteiger partial charge in [0.05, 0.1) is 25.0 Å². The molecule has 0 bridgehead atoms. The molecule has 3 aromatic carbocycles. The van der Waals surface area contributed by atoms with Crippen LogP contribution in [0.4, 0.5) is 5.69 Å². The number of sulfonamides is 1. The van der Waals surface area contributed by atoms with E-state index in [0.717, 1.165) is 28.0 Å². The van der Waals surface area contributed by atoms with Crippen LogP contribution in [0.1, 0.15) is 32.6 Å². The van der Waals surface area contributed by atoms with Gasteiger partial charge in [0.2, 0.25) is 10.0 Å². The number of benzene rings is 3. The van der Waals surface area contributed by atoms with Crippen LogP contribution < -0.4 is 14.4 Å². The smallest absolute Gasteiger partial charge is 0.251 e. The molecule has 0 aliphatic carbocycles. The van der Waals surface area contributed by atoms with Crippen LogP contribution in [-0.4, -0.2) is 33.7 Å². The van der Waals surface area contributed by atoms with E-state index >= 15 is 0 Å². The zero-order valence-electron chi connectivity index (χ0n) is 19.5. The first-order valence-electron chi connectivity index (χ1n) is 10.7. The molecule has 0 spiro atoms. The van der Waals surface area contributed by atoms with E-state index in [1.165, 1.54) is 10.6 Å². The average molecular weight is 467 g/mol. The van der Waals surface area contributed by atoms with Crippen LogP contribution in [0.3, 0.4) is 0 Å². The van der Waals surface area contributed by atoms with Crippen LogP contribution >= 0.6 is 0 Å². The summed E-state index contributed by atoms with van der Waals surface area (Å²) in [5.74, 6) is 0.566. The molecule has 3 aromatic rings. The predicted octanol–water partition coefficient (Wildman–Crippen LogP) is 4.39. The Kier molecular flexibility index (Phi) is 7.76. The summed E-state index contributed by atoms with van der Waals surface area (Å²) >= 11 is 0. The maximum absolute atomic E-state index is 12.4. The third-order valence-electron chi connectivity index (χ3n) is 5.37. The number of rotatable bonds is 9. The van der Waals surface area contributed by atoms with E-state index in [-0.39, 0.29) is 12.5 Å². The molecule has 0 aliphatic rings. The number of hydrogen-bond donors (Lipinski definition) is 1. The Labute approximate surface area is 196 Å². The van der Waals surface area contributed by atoms with Crippen molar-refractivity contribution in [1.29, 1.82) is 0 Å². The van der Waals surface area contributed by atoms with Gasteiger partial charge in [-0.2, -0.15) is 0 Å². The Morgan fingerprint density at radius 3 is 2.30 bits per heavy atom. The highest BCUT2D eigenvalue weighted by molar-refractivity contribution is 7.92. The average Bonchev–Trinajstić information content (AvgIpc) is 2.76. The van der Waals surface area contributed by atoms with E-state index < -0.39 is 10.0 Å². The topological polar surface area (TPSA) is 75.7 Å². The number of amides is 1. The molecule has 7 heteroatoms. The molecule has 0 aliphatic heterocycles. The first kappa shape index (κ1) is 24.3. The summed E-state index contributed by atoms with van der Waals surface area (Å²) in [6, 6.07) is 20.3. The van der Waals surface area contributed by atoms with Crippen LogP contribution in [0.15, 0.2) is 66.7 Å². The van der Waals surface area contributed by atoms with Crippen LogP contribution in [0.5, 0.6) is 5.75 Å². The molecule has 3 rings (SSSR count). The zero-order valence-corrected chi connectivity index (χ0v) is 20.3. The van der Waals surface area contributed by atoms with Crippen molar-refractivity contribution in [1.82, 2.24) is 5.32 Å². The number of ether oxygens (including phenoxy) is 1. The lowest BCUT2D eigenvalue weighted by molar-refractivity contribution is 0.0947. The van der Waals surface area contributed by atoms with Crippen LogP contribution in [0.25, 0.3) is 0 Å². The predicted molar refractivity (Wildman–Crippen MR) is 132 cm³/mol. The molecule has 0 unspecified atom stereocenters. The normalized spacial score (nSPS) is 11.2. The van der Waals surface area contributed by atoms with Crippen molar-refractivity contribution < 1.29 is 17.9 Å². The van der Waals surface area contributed by atoms with Crippen molar-refractivity contribution in [2.45, 2.75) is 27.3 Å². The van der Waals surface area contributed by atoms with E-state index in [0.29, 0.717) is 24.4 Å². The Morgan fingerprint density at radius 1 is 0.939 bits per heavy atom. The highest BCUT2D eigenvalue weighted by atomic mass is 32.2. The van der Waals surface area contributed by atoms with Gasteiger partial charge in [-0.05, 0) is 79.4 Å². The summed E-state index contributed by atoms with van der Waals surface area (Å²) in [5, 5.41) is 2.84. The van der Waals surface area contributed by atoms with Crippen molar-refractivity contribution in [2.24, 2.45) is 0 Å². The molecule has 0 radical (unpaired) electrons. The van der Waals surface area contributed by atoms with Gasteiger partial charge in [0.25, 0.3) is 5.91 Å². The summed E-state index contributed by atoms with van der Waals surface area (Å²) < 4.78 is 31.9. The molecule has 0 saturated carbocycles. The van der Waals surface area contributed by atoms with Gasteiger partial charge < -0.3 is 10.1 Å². The lowest BCUT2D eigenvalue weighted by Crippen LogP contribution is -2.29. The maximum atomic E-state index is 12.4. The van der Waals surface area contributed by atoms with Crippen molar-refractivity contribution in [3.05, 3.63) is 94.5 Å². The molecular weight excluding hydrogens is 436 g/mol. The van der Waals surface area contributed by atoms with Gasteiger partial charge >= 0.3 is 0 Å². The highest BCUT2D eigenvalue weighted by Crippen LogP contribution is 2.23. The monoisotopic (exact) mass is 466 g/mol. The van der Waals surface area contributed by atoms with Gasteiger partial charge in [-0.25, -0.2) is 8.42 Å². The van der Waals surface area contributed by atoms with Crippen LogP contribution in [0, 0.1) is 20.8 Å². The zero-order chi connectivity index (χ0) is 24.0. The van der Waals surface area contributed by atoms with Gasteiger partial charge in [0, 0.05) is 5.56 Å². The van der Waals surface area contributed by atoms with Gasteiger partial charge in [-0.3, -0.25) is 9.10 Å². The third kappa shape index (κ3) is 6.83. The fraction of sp³-hybridized carbons (Fsp3) is 0.269. The lowest BCUT2D eigenvalue weighted by Gasteiger charge is -2.23. The van der Waals surface area contributed by atoms with Crippen molar-refractivity contribution >= 4 is 21.6 Å². The number of hydrogen-bond acceptors (Lipinski definition) is 4. The van der Waals surface area contributed by atoms with Gasteiger partial charge in [-0.1, -0.05) is 30.3 Å². The molecule has 1 N–H and O–H groups in total. The summed E-state index contributed by atoms with van der Waals surface area (Å²) in [6.45, 7) is 6.87. The van der Waals surface area contributed by atoms with Crippen molar-refractivity contribution in [3.63, 3.8) is 0 Å². The molecule has 0 atom stereocenters. The summed E-state index contributed by atoms with van der Waals surface area (Å²) in [7, 11) is -3.47. The summed E-state index contributed by atoms with van der Waals surface area (Å²) in [5.41, 5.74) is 5.16. The Bertz CT molecular complexity index is 1220.